The number of rotatable bonds is 2. The standard InChI is InChI=1S/C15H8F3N3/c16-11-4-13-14(5-12(11)17)21(8-20-13)7-10-3-1-2-9(6-19)15(10)18/h1-5,8H,7H2. The zero-order chi connectivity index (χ0) is 15.0. The van der Waals surface area contributed by atoms with E-state index in [-0.39, 0.29) is 23.2 Å². The maximum atomic E-state index is 14.0. The summed E-state index contributed by atoms with van der Waals surface area (Å²) in [5.74, 6) is -2.59. The molecule has 0 saturated carbocycles. The lowest BCUT2D eigenvalue weighted by Crippen LogP contribution is -2.02. The van der Waals surface area contributed by atoms with Gasteiger partial charge in [0.25, 0.3) is 0 Å². The molecule has 0 aliphatic rings. The van der Waals surface area contributed by atoms with Crippen molar-refractivity contribution in [2.24, 2.45) is 0 Å². The number of nitriles is 1. The lowest BCUT2D eigenvalue weighted by Gasteiger charge is -2.07. The quantitative estimate of drug-likeness (QED) is 0.725. The summed E-state index contributed by atoms with van der Waals surface area (Å²) in [7, 11) is 0. The monoisotopic (exact) mass is 287 g/mol. The van der Waals surface area contributed by atoms with E-state index in [2.05, 4.69) is 4.98 Å². The van der Waals surface area contributed by atoms with E-state index in [1.54, 1.807) is 12.1 Å². The molecule has 0 unspecified atom stereocenters. The van der Waals surface area contributed by atoms with E-state index in [9.17, 15) is 13.2 Å². The first kappa shape index (κ1) is 13.2. The molecule has 1 heterocycles. The van der Waals surface area contributed by atoms with Crippen LogP contribution < -0.4 is 0 Å². The van der Waals surface area contributed by atoms with Crippen molar-refractivity contribution in [1.29, 1.82) is 5.26 Å². The van der Waals surface area contributed by atoms with Gasteiger partial charge in [-0.3, -0.25) is 0 Å². The Labute approximate surface area is 117 Å². The molecule has 3 rings (SSSR count). The lowest BCUT2D eigenvalue weighted by molar-refractivity contribution is 0.510. The molecule has 0 fully saturated rings. The van der Waals surface area contributed by atoms with Crippen molar-refractivity contribution >= 4 is 11.0 Å². The number of nitrogens with zero attached hydrogens (tertiary/aromatic N) is 3. The molecule has 0 spiro atoms. The Morgan fingerprint density at radius 2 is 1.90 bits per heavy atom. The van der Waals surface area contributed by atoms with Crippen LogP contribution in [0.2, 0.25) is 0 Å². The average Bonchev–Trinajstić information content (AvgIpc) is 2.84. The van der Waals surface area contributed by atoms with Crippen LogP contribution in [0.5, 0.6) is 0 Å². The molecule has 0 bridgehead atoms. The van der Waals surface area contributed by atoms with Crippen LogP contribution in [-0.2, 0) is 6.54 Å². The molecule has 3 aromatic rings. The first-order chi connectivity index (χ1) is 10.1. The Hall–Kier alpha value is -2.81. The van der Waals surface area contributed by atoms with Crippen LogP contribution in [0.15, 0.2) is 36.7 Å². The summed E-state index contributed by atoms with van der Waals surface area (Å²) in [5, 5.41) is 8.81. The highest BCUT2D eigenvalue weighted by Crippen LogP contribution is 2.20. The van der Waals surface area contributed by atoms with Crippen molar-refractivity contribution in [1.82, 2.24) is 9.55 Å². The third-order valence-corrected chi connectivity index (χ3v) is 3.20. The van der Waals surface area contributed by atoms with E-state index < -0.39 is 17.5 Å². The van der Waals surface area contributed by atoms with Gasteiger partial charge in [0.1, 0.15) is 11.9 Å². The van der Waals surface area contributed by atoms with Crippen molar-refractivity contribution in [3.05, 3.63) is 65.2 Å². The van der Waals surface area contributed by atoms with E-state index in [4.69, 9.17) is 5.26 Å². The maximum Gasteiger partial charge on any atom is 0.161 e. The van der Waals surface area contributed by atoms with Crippen molar-refractivity contribution in [2.45, 2.75) is 6.54 Å². The molecular weight excluding hydrogens is 279 g/mol. The summed E-state index contributed by atoms with van der Waals surface area (Å²) in [6, 6.07) is 8.24. The van der Waals surface area contributed by atoms with Crippen molar-refractivity contribution in [3.63, 3.8) is 0 Å². The summed E-state index contributed by atoms with van der Waals surface area (Å²) < 4.78 is 42.0. The third-order valence-electron chi connectivity index (χ3n) is 3.20. The van der Waals surface area contributed by atoms with Crippen LogP contribution in [0.25, 0.3) is 11.0 Å². The van der Waals surface area contributed by atoms with Crippen LogP contribution in [0.3, 0.4) is 0 Å². The Morgan fingerprint density at radius 1 is 1.14 bits per heavy atom. The van der Waals surface area contributed by atoms with Crippen LogP contribution in [-0.4, -0.2) is 9.55 Å². The Balaban J connectivity index is 2.07. The second-order valence-electron chi connectivity index (χ2n) is 4.52. The largest absolute Gasteiger partial charge is 0.326 e. The summed E-state index contributed by atoms with van der Waals surface area (Å²) in [5.41, 5.74) is 0.855. The molecule has 0 N–H and O–H groups in total. The number of aromatic nitrogens is 2. The predicted octanol–water partition coefficient (Wildman–Crippen LogP) is 3.37. The first-order valence-electron chi connectivity index (χ1n) is 6.07. The normalized spacial score (nSPS) is 10.8. The number of imidazole rings is 1. The molecule has 0 saturated heterocycles. The molecule has 0 aliphatic heterocycles. The lowest BCUT2D eigenvalue weighted by atomic mass is 10.1. The number of halogens is 3. The minimum absolute atomic E-state index is 0.0610. The summed E-state index contributed by atoms with van der Waals surface area (Å²) in [4.78, 5) is 3.96. The molecule has 0 radical (unpaired) electrons. The first-order valence-corrected chi connectivity index (χ1v) is 6.07. The molecule has 21 heavy (non-hydrogen) atoms. The smallest absolute Gasteiger partial charge is 0.161 e. The molecule has 1 aromatic heterocycles. The van der Waals surface area contributed by atoms with Crippen LogP contribution in [0, 0.1) is 28.8 Å². The molecule has 0 atom stereocenters. The highest BCUT2D eigenvalue weighted by atomic mass is 19.2. The molecule has 3 nitrogen and oxygen atoms in total. The van der Waals surface area contributed by atoms with Gasteiger partial charge in [0.2, 0.25) is 0 Å². The van der Waals surface area contributed by atoms with Gasteiger partial charge in [-0.15, -0.1) is 0 Å². The number of fused-ring (bicyclic) bond motifs is 1. The van der Waals surface area contributed by atoms with Crippen LogP contribution in [0.4, 0.5) is 13.2 Å². The Bertz CT molecular complexity index is 878. The average molecular weight is 287 g/mol. The summed E-state index contributed by atoms with van der Waals surface area (Å²) in [6.45, 7) is 0.0723. The zero-order valence-corrected chi connectivity index (χ0v) is 10.6. The van der Waals surface area contributed by atoms with Gasteiger partial charge in [0.15, 0.2) is 11.6 Å². The molecule has 2 aromatic carbocycles. The van der Waals surface area contributed by atoms with Crippen molar-refractivity contribution < 1.29 is 13.2 Å². The zero-order valence-electron chi connectivity index (χ0n) is 10.6. The van der Waals surface area contributed by atoms with Crippen LogP contribution in [0.1, 0.15) is 11.1 Å². The SMILES string of the molecule is N#Cc1cccc(Cn2cnc3cc(F)c(F)cc32)c1F. The van der Waals surface area contributed by atoms with Gasteiger partial charge >= 0.3 is 0 Å². The number of benzene rings is 2. The van der Waals surface area contributed by atoms with Crippen molar-refractivity contribution in [3.8, 4) is 6.07 Å². The topological polar surface area (TPSA) is 41.6 Å². The number of hydrogen-bond acceptors (Lipinski definition) is 2. The fourth-order valence-electron chi connectivity index (χ4n) is 2.15. The Kier molecular flexibility index (Phi) is 3.10. The number of hydrogen-bond donors (Lipinski definition) is 0. The molecule has 6 heteroatoms. The summed E-state index contributed by atoms with van der Waals surface area (Å²) >= 11 is 0. The Morgan fingerprint density at radius 3 is 2.67 bits per heavy atom. The van der Waals surface area contributed by atoms with Gasteiger partial charge in [-0.2, -0.15) is 5.26 Å². The predicted molar refractivity (Wildman–Crippen MR) is 69.9 cm³/mol. The van der Waals surface area contributed by atoms with E-state index >= 15 is 0 Å². The summed E-state index contributed by atoms with van der Waals surface area (Å²) in [6.07, 6.45) is 1.38. The van der Waals surface area contributed by atoms with Gasteiger partial charge < -0.3 is 4.57 Å². The highest BCUT2D eigenvalue weighted by Gasteiger charge is 2.12. The fraction of sp³-hybridized carbons (Fsp3) is 0.0667. The molecular formula is C15H8F3N3. The minimum Gasteiger partial charge on any atom is -0.326 e. The molecule has 0 aliphatic carbocycles. The molecule has 104 valence electrons. The van der Waals surface area contributed by atoms with E-state index in [1.807, 2.05) is 0 Å². The van der Waals surface area contributed by atoms with E-state index in [1.165, 1.54) is 23.0 Å². The second-order valence-corrected chi connectivity index (χ2v) is 4.52. The maximum absolute atomic E-state index is 14.0. The van der Waals surface area contributed by atoms with E-state index in [0.29, 0.717) is 5.52 Å². The third kappa shape index (κ3) is 2.23. The molecule has 0 amide bonds. The minimum atomic E-state index is -0.990. The van der Waals surface area contributed by atoms with Gasteiger partial charge in [0, 0.05) is 17.7 Å². The highest BCUT2D eigenvalue weighted by molar-refractivity contribution is 5.75. The van der Waals surface area contributed by atoms with Gasteiger partial charge in [0.05, 0.1) is 29.5 Å². The van der Waals surface area contributed by atoms with Crippen molar-refractivity contribution in [2.75, 3.05) is 0 Å². The van der Waals surface area contributed by atoms with Gasteiger partial charge in [-0.25, -0.2) is 18.2 Å². The fourth-order valence-corrected chi connectivity index (χ4v) is 2.15. The van der Waals surface area contributed by atoms with Gasteiger partial charge in [-0.1, -0.05) is 12.1 Å². The second kappa shape index (κ2) is 4.94. The van der Waals surface area contributed by atoms with Gasteiger partial charge in [-0.05, 0) is 6.07 Å². The van der Waals surface area contributed by atoms with E-state index in [0.717, 1.165) is 12.1 Å². The van der Waals surface area contributed by atoms with Crippen LogP contribution >= 0.6 is 0 Å².